The van der Waals surface area contributed by atoms with Gasteiger partial charge < -0.3 is 20.4 Å². The first kappa shape index (κ1) is 22.9. The number of nitrogens with zero attached hydrogens (tertiary/aromatic N) is 6. The summed E-state index contributed by atoms with van der Waals surface area (Å²) in [6.45, 7) is 7.58. The summed E-state index contributed by atoms with van der Waals surface area (Å²) in [6.07, 6.45) is 8.25. The zero-order valence-corrected chi connectivity index (χ0v) is 20.2. The van der Waals surface area contributed by atoms with E-state index < -0.39 is 0 Å². The van der Waals surface area contributed by atoms with Crippen LogP contribution >= 0.6 is 15.9 Å². The monoisotopic (exact) mass is 510 g/mol. The Bertz CT molecular complexity index is 1130. The first-order chi connectivity index (χ1) is 16.1. The average molecular weight is 511 g/mol. The quantitative estimate of drug-likeness (QED) is 0.499. The maximum atomic E-state index is 11.6. The van der Waals surface area contributed by atoms with Crippen LogP contribution in [-0.4, -0.2) is 59.3 Å². The second-order valence-corrected chi connectivity index (χ2v) is 8.73. The summed E-state index contributed by atoms with van der Waals surface area (Å²) in [5.74, 6) is 2.29. The zero-order valence-electron chi connectivity index (χ0n) is 18.6. The third-order valence-corrected chi connectivity index (χ3v) is 6.01. The smallest absolute Gasteiger partial charge is 0.247 e. The molecule has 2 fully saturated rings. The Morgan fingerprint density at radius 3 is 2.15 bits per heavy atom. The molecule has 0 saturated carbocycles. The fourth-order valence-corrected chi connectivity index (χ4v) is 3.97. The number of carbonyl (C=O) groups is 1. The topological polar surface area (TPSA) is 99.2 Å². The lowest BCUT2D eigenvalue weighted by Crippen LogP contribution is -2.38. The Balaban J connectivity index is 0.000000243. The van der Waals surface area contributed by atoms with Gasteiger partial charge in [-0.15, -0.1) is 10.2 Å². The van der Waals surface area contributed by atoms with E-state index in [-0.39, 0.29) is 5.91 Å². The largest absolute Gasteiger partial charge is 0.357 e. The molecule has 1 amide bonds. The summed E-state index contributed by atoms with van der Waals surface area (Å²) < 4.78 is 0.890. The standard InChI is InChI=1S/C18H21N5O.C5H6BrN3/c1-2-16(24)19-13-6-7-14-15(12-13)18(23-10-5-11-23)21-20-17(14)22-8-3-4-9-22;1-7-5-8-2-4(6)3-9-5/h2,6-7,12H,1,3-5,8-11H2,(H,19,24);2-3H,1H3,(H,7,8,9). The van der Waals surface area contributed by atoms with Gasteiger partial charge in [0.15, 0.2) is 11.6 Å². The van der Waals surface area contributed by atoms with Crippen molar-refractivity contribution < 1.29 is 4.79 Å². The molecule has 0 bridgehead atoms. The minimum absolute atomic E-state index is 0.207. The lowest BCUT2D eigenvalue weighted by molar-refractivity contribution is -0.111. The molecule has 0 aliphatic carbocycles. The molecule has 9 nitrogen and oxygen atoms in total. The first-order valence-electron chi connectivity index (χ1n) is 11.0. The van der Waals surface area contributed by atoms with E-state index in [1.54, 1.807) is 19.4 Å². The van der Waals surface area contributed by atoms with E-state index in [9.17, 15) is 4.79 Å². The Labute approximate surface area is 201 Å². The molecule has 5 rings (SSSR count). The second-order valence-electron chi connectivity index (χ2n) is 7.81. The number of rotatable bonds is 5. The highest BCUT2D eigenvalue weighted by molar-refractivity contribution is 9.10. The maximum Gasteiger partial charge on any atom is 0.247 e. The SMILES string of the molecule is C=CC(=O)Nc1ccc2c(N3CCCC3)nnc(N3CCC3)c2c1.CNc1ncc(Br)cn1. The normalized spacial score (nSPS) is 14.8. The van der Waals surface area contributed by atoms with Gasteiger partial charge in [0.25, 0.3) is 0 Å². The number of nitrogens with one attached hydrogen (secondary N) is 2. The van der Waals surface area contributed by atoms with Crippen molar-refractivity contribution in [2.24, 2.45) is 0 Å². The minimum atomic E-state index is -0.207. The van der Waals surface area contributed by atoms with E-state index in [0.29, 0.717) is 5.95 Å². The van der Waals surface area contributed by atoms with E-state index in [4.69, 9.17) is 0 Å². The maximum absolute atomic E-state index is 11.6. The number of carbonyl (C=O) groups excluding carboxylic acids is 1. The highest BCUT2D eigenvalue weighted by atomic mass is 79.9. The van der Waals surface area contributed by atoms with Crippen molar-refractivity contribution in [1.29, 1.82) is 0 Å². The molecule has 2 aliphatic heterocycles. The van der Waals surface area contributed by atoms with Crippen LogP contribution in [0.25, 0.3) is 10.8 Å². The zero-order chi connectivity index (χ0) is 23.2. The Morgan fingerprint density at radius 1 is 1.00 bits per heavy atom. The summed E-state index contributed by atoms with van der Waals surface area (Å²) in [4.78, 5) is 24.0. The molecule has 2 aromatic heterocycles. The Morgan fingerprint density at radius 2 is 1.61 bits per heavy atom. The second kappa shape index (κ2) is 10.6. The van der Waals surface area contributed by atoms with Crippen molar-refractivity contribution >= 4 is 55.9 Å². The van der Waals surface area contributed by atoms with E-state index >= 15 is 0 Å². The minimum Gasteiger partial charge on any atom is -0.357 e. The first-order valence-corrected chi connectivity index (χ1v) is 11.8. The number of aromatic nitrogens is 4. The number of fused-ring (bicyclic) bond motifs is 1. The van der Waals surface area contributed by atoms with Gasteiger partial charge in [0, 0.05) is 62.1 Å². The van der Waals surface area contributed by atoms with Crippen LogP contribution in [0.15, 0.2) is 47.7 Å². The fourth-order valence-electron chi connectivity index (χ4n) is 3.76. The number of benzene rings is 1. The van der Waals surface area contributed by atoms with Crippen LogP contribution in [0.2, 0.25) is 0 Å². The van der Waals surface area contributed by atoms with Gasteiger partial charge in [-0.3, -0.25) is 4.79 Å². The van der Waals surface area contributed by atoms with Gasteiger partial charge in [-0.25, -0.2) is 9.97 Å². The Kier molecular flexibility index (Phi) is 7.33. The third-order valence-electron chi connectivity index (χ3n) is 5.60. The molecule has 0 unspecified atom stereocenters. The van der Waals surface area contributed by atoms with E-state index in [1.165, 1.54) is 25.3 Å². The van der Waals surface area contributed by atoms with Crippen LogP contribution in [0.1, 0.15) is 19.3 Å². The van der Waals surface area contributed by atoms with Crippen LogP contribution in [-0.2, 0) is 4.79 Å². The van der Waals surface area contributed by atoms with Crippen molar-refractivity contribution in [2.45, 2.75) is 19.3 Å². The lowest BCUT2D eigenvalue weighted by atomic mass is 10.1. The van der Waals surface area contributed by atoms with Crippen LogP contribution in [0.3, 0.4) is 0 Å². The molecule has 2 aliphatic rings. The van der Waals surface area contributed by atoms with Crippen molar-refractivity contribution in [3.05, 3.63) is 47.7 Å². The summed E-state index contributed by atoms with van der Waals surface area (Å²) in [5, 5.41) is 16.8. The molecule has 2 saturated heterocycles. The molecular weight excluding hydrogens is 484 g/mol. The van der Waals surface area contributed by atoms with E-state index in [2.05, 4.69) is 63.1 Å². The predicted molar refractivity (Wildman–Crippen MR) is 136 cm³/mol. The molecule has 2 N–H and O–H groups in total. The van der Waals surface area contributed by atoms with Crippen LogP contribution < -0.4 is 20.4 Å². The molecule has 4 heterocycles. The molecule has 0 radical (unpaired) electrons. The molecular formula is C23H27BrN8O. The Hall–Kier alpha value is -3.27. The molecule has 0 spiro atoms. The molecule has 33 heavy (non-hydrogen) atoms. The summed E-state index contributed by atoms with van der Waals surface area (Å²) in [7, 11) is 1.78. The predicted octanol–water partition coefficient (Wildman–Crippen LogP) is 3.85. The lowest BCUT2D eigenvalue weighted by Gasteiger charge is -2.33. The highest BCUT2D eigenvalue weighted by Gasteiger charge is 2.23. The van der Waals surface area contributed by atoms with Gasteiger partial charge in [-0.2, -0.15) is 0 Å². The number of amides is 1. The van der Waals surface area contributed by atoms with Gasteiger partial charge in [0.2, 0.25) is 11.9 Å². The molecule has 0 atom stereocenters. The molecule has 10 heteroatoms. The number of hydrogen-bond donors (Lipinski definition) is 2. The fraction of sp³-hybridized carbons (Fsp3) is 0.348. The molecule has 172 valence electrons. The van der Waals surface area contributed by atoms with E-state index in [1.807, 2.05) is 18.2 Å². The molecule has 3 aromatic rings. The van der Waals surface area contributed by atoms with Crippen molar-refractivity contribution in [1.82, 2.24) is 20.2 Å². The van der Waals surface area contributed by atoms with Crippen molar-refractivity contribution in [3.8, 4) is 0 Å². The van der Waals surface area contributed by atoms with Gasteiger partial charge in [-0.1, -0.05) is 6.58 Å². The molecule has 1 aromatic carbocycles. The highest BCUT2D eigenvalue weighted by Crippen LogP contribution is 2.35. The van der Waals surface area contributed by atoms with Crippen molar-refractivity contribution in [2.75, 3.05) is 53.7 Å². The van der Waals surface area contributed by atoms with Crippen LogP contribution in [0, 0.1) is 0 Å². The number of halogens is 1. The summed E-state index contributed by atoms with van der Waals surface area (Å²) >= 11 is 3.22. The van der Waals surface area contributed by atoms with Gasteiger partial charge >= 0.3 is 0 Å². The van der Waals surface area contributed by atoms with Gasteiger partial charge in [0.1, 0.15) is 0 Å². The van der Waals surface area contributed by atoms with E-state index in [0.717, 1.165) is 58.7 Å². The number of anilines is 4. The van der Waals surface area contributed by atoms with Crippen LogP contribution in [0.4, 0.5) is 23.3 Å². The summed E-state index contributed by atoms with van der Waals surface area (Å²) in [6, 6.07) is 5.96. The average Bonchev–Trinajstić information content (AvgIpc) is 3.34. The third kappa shape index (κ3) is 5.39. The van der Waals surface area contributed by atoms with Crippen molar-refractivity contribution in [3.63, 3.8) is 0 Å². The number of hydrogen-bond acceptors (Lipinski definition) is 8. The van der Waals surface area contributed by atoms with Gasteiger partial charge in [0.05, 0.1) is 4.47 Å². The van der Waals surface area contributed by atoms with Gasteiger partial charge in [-0.05, 0) is 59.5 Å². The summed E-state index contributed by atoms with van der Waals surface area (Å²) in [5.41, 5.74) is 0.759. The van der Waals surface area contributed by atoms with Crippen LogP contribution in [0.5, 0.6) is 0 Å².